The van der Waals surface area contributed by atoms with Gasteiger partial charge in [-0.05, 0) is 48.9 Å². The van der Waals surface area contributed by atoms with Crippen molar-refractivity contribution in [1.29, 1.82) is 0 Å². The van der Waals surface area contributed by atoms with Crippen molar-refractivity contribution >= 4 is 17.7 Å². The molecule has 2 rings (SSSR count). The number of amides is 1. The van der Waals surface area contributed by atoms with Crippen LogP contribution in [0.25, 0.3) is 0 Å². The molecule has 1 N–H and O–H groups in total. The van der Waals surface area contributed by atoms with Gasteiger partial charge in [0.1, 0.15) is 23.9 Å². The summed E-state index contributed by atoms with van der Waals surface area (Å²) in [6.45, 7) is 2.28. The molecular formula is C19H22FNO3S. The molecule has 25 heavy (non-hydrogen) atoms. The van der Waals surface area contributed by atoms with Crippen molar-refractivity contribution in [1.82, 2.24) is 5.32 Å². The lowest BCUT2D eigenvalue weighted by atomic mass is 10.2. The average molecular weight is 363 g/mol. The van der Waals surface area contributed by atoms with E-state index in [1.165, 1.54) is 23.9 Å². The van der Waals surface area contributed by atoms with Crippen molar-refractivity contribution in [2.75, 3.05) is 19.5 Å². The molecule has 2 aromatic carbocycles. The van der Waals surface area contributed by atoms with Gasteiger partial charge in [-0.3, -0.25) is 4.79 Å². The van der Waals surface area contributed by atoms with Gasteiger partial charge in [-0.1, -0.05) is 12.1 Å². The second-order valence-electron chi connectivity index (χ2n) is 5.57. The number of carbonyl (C=O) groups is 1. The topological polar surface area (TPSA) is 47.6 Å². The van der Waals surface area contributed by atoms with Crippen LogP contribution in [0.4, 0.5) is 4.39 Å². The van der Waals surface area contributed by atoms with Gasteiger partial charge in [0.15, 0.2) is 0 Å². The highest BCUT2D eigenvalue weighted by Crippen LogP contribution is 2.17. The number of benzene rings is 2. The number of carbonyl (C=O) groups excluding carboxylic acids is 1. The average Bonchev–Trinajstić information content (AvgIpc) is 2.62. The maximum Gasteiger partial charge on any atom is 0.230 e. The van der Waals surface area contributed by atoms with E-state index in [0.29, 0.717) is 18.1 Å². The first-order valence-electron chi connectivity index (χ1n) is 7.95. The van der Waals surface area contributed by atoms with Crippen molar-refractivity contribution in [2.24, 2.45) is 0 Å². The zero-order valence-electron chi connectivity index (χ0n) is 14.3. The summed E-state index contributed by atoms with van der Waals surface area (Å²) in [6, 6.07) is 13.5. The number of rotatable bonds is 9. The van der Waals surface area contributed by atoms with Crippen molar-refractivity contribution in [3.8, 4) is 11.5 Å². The first-order valence-corrected chi connectivity index (χ1v) is 9.10. The molecule has 2 aromatic rings. The van der Waals surface area contributed by atoms with E-state index in [1.54, 1.807) is 19.2 Å². The fourth-order valence-corrected chi connectivity index (χ4v) is 2.89. The van der Waals surface area contributed by atoms with Crippen LogP contribution in [0, 0.1) is 5.82 Å². The number of methoxy groups -OCH3 is 1. The maximum absolute atomic E-state index is 12.8. The van der Waals surface area contributed by atoms with Crippen molar-refractivity contribution < 1.29 is 18.7 Å². The van der Waals surface area contributed by atoms with Gasteiger partial charge in [0.25, 0.3) is 0 Å². The van der Waals surface area contributed by atoms with Gasteiger partial charge in [0.05, 0.1) is 18.9 Å². The Kier molecular flexibility index (Phi) is 7.60. The summed E-state index contributed by atoms with van der Waals surface area (Å²) in [5, 5.41) is 2.90. The Balaban J connectivity index is 1.64. The highest BCUT2D eigenvalue weighted by atomic mass is 32.2. The normalized spacial score (nSPS) is 11.6. The summed E-state index contributed by atoms with van der Waals surface area (Å²) >= 11 is 1.49. The summed E-state index contributed by atoms with van der Waals surface area (Å²) in [5.74, 6) is 2.23. The summed E-state index contributed by atoms with van der Waals surface area (Å²) in [7, 11) is 1.61. The highest BCUT2D eigenvalue weighted by Gasteiger charge is 2.08. The SMILES string of the molecule is COc1ccc(OC[C@H](C)NC(=O)CSCc2ccc(F)cc2)cc1. The third-order valence-electron chi connectivity index (χ3n) is 3.38. The van der Waals surface area contributed by atoms with Crippen molar-refractivity contribution in [3.05, 3.63) is 59.9 Å². The van der Waals surface area contributed by atoms with Crippen LogP contribution in [0.3, 0.4) is 0 Å². The maximum atomic E-state index is 12.8. The lowest BCUT2D eigenvalue weighted by molar-refractivity contribution is -0.119. The Bertz CT molecular complexity index is 661. The standard InChI is InChI=1S/C19H22FNO3S/c1-14(11-24-18-9-7-17(23-2)8-10-18)21-19(22)13-25-12-15-3-5-16(20)6-4-15/h3-10,14H,11-13H2,1-2H3,(H,21,22)/t14-/m0/s1. The van der Waals surface area contributed by atoms with Gasteiger partial charge in [-0.25, -0.2) is 4.39 Å². The van der Waals surface area contributed by atoms with Crippen LogP contribution in [-0.4, -0.2) is 31.4 Å². The van der Waals surface area contributed by atoms with Gasteiger partial charge in [0.2, 0.25) is 5.91 Å². The van der Waals surface area contributed by atoms with Gasteiger partial charge in [-0.15, -0.1) is 11.8 Å². The summed E-state index contributed by atoms with van der Waals surface area (Å²) in [5.41, 5.74) is 0.995. The molecule has 0 saturated carbocycles. The molecule has 0 heterocycles. The van der Waals surface area contributed by atoms with Gasteiger partial charge in [0, 0.05) is 5.75 Å². The molecule has 0 aliphatic rings. The summed E-state index contributed by atoms with van der Waals surface area (Å²) in [4.78, 5) is 11.9. The van der Waals surface area contributed by atoms with Crippen LogP contribution >= 0.6 is 11.8 Å². The van der Waals surface area contributed by atoms with E-state index < -0.39 is 0 Å². The fraction of sp³-hybridized carbons (Fsp3) is 0.316. The third-order valence-corrected chi connectivity index (χ3v) is 4.39. The second-order valence-corrected chi connectivity index (χ2v) is 6.56. The summed E-state index contributed by atoms with van der Waals surface area (Å²) < 4.78 is 23.6. The van der Waals surface area contributed by atoms with E-state index in [9.17, 15) is 9.18 Å². The van der Waals surface area contributed by atoms with E-state index in [-0.39, 0.29) is 17.8 Å². The molecule has 0 aromatic heterocycles. The minimum atomic E-state index is -0.253. The van der Waals surface area contributed by atoms with E-state index >= 15 is 0 Å². The number of nitrogens with one attached hydrogen (secondary N) is 1. The molecule has 0 radical (unpaired) electrons. The first kappa shape index (κ1) is 19.1. The molecule has 0 aliphatic heterocycles. The lowest BCUT2D eigenvalue weighted by Gasteiger charge is -2.15. The molecule has 0 fully saturated rings. The van der Waals surface area contributed by atoms with Crippen molar-refractivity contribution in [2.45, 2.75) is 18.7 Å². The molecule has 6 heteroatoms. The molecule has 0 unspecified atom stereocenters. The van der Waals surface area contributed by atoms with Crippen LogP contribution in [0.1, 0.15) is 12.5 Å². The van der Waals surface area contributed by atoms with Gasteiger partial charge in [-0.2, -0.15) is 0 Å². The van der Waals surface area contributed by atoms with E-state index in [4.69, 9.17) is 9.47 Å². The van der Waals surface area contributed by atoms with Crippen molar-refractivity contribution in [3.63, 3.8) is 0 Å². The van der Waals surface area contributed by atoms with Crippen LogP contribution in [0.15, 0.2) is 48.5 Å². The monoisotopic (exact) mass is 363 g/mol. The highest BCUT2D eigenvalue weighted by molar-refractivity contribution is 7.99. The van der Waals surface area contributed by atoms with Gasteiger partial charge >= 0.3 is 0 Å². The lowest BCUT2D eigenvalue weighted by Crippen LogP contribution is -2.37. The minimum Gasteiger partial charge on any atom is -0.497 e. The Morgan fingerprint density at radius 3 is 2.40 bits per heavy atom. The minimum absolute atomic E-state index is 0.0436. The molecule has 0 bridgehead atoms. The Hall–Kier alpha value is -2.21. The smallest absolute Gasteiger partial charge is 0.230 e. The van der Waals surface area contributed by atoms with E-state index in [2.05, 4.69) is 5.32 Å². The van der Waals surface area contributed by atoms with Crippen LogP contribution < -0.4 is 14.8 Å². The fourth-order valence-electron chi connectivity index (χ4n) is 2.09. The van der Waals surface area contributed by atoms with E-state index in [1.807, 2.05) is 31.2 Å². The number of thioether (sulfide) groups is 1. The molecule has 0 aliphatic carbocycles. The zero-order valence-corrected chi connectivity index (χ0v) is 15.1. The van der Waals surface area contributed by atoms with Crippen LogP contribution in [-0.2, 0) is 10.5 Å². The largest absolute Gasteiger partial charge is 0.497 e. The predicted molar refractivity (Wildman–Crippen MR) is 98.7 cm³/mol. The Morgan fingerprint density at radius 2 is 1.76 bits per heavy atom. The third kappa shape index (κ3) is 7.05. The number of halogens is 1. The number of hydrogen-bond donors (Lipinski definition) is 1. The number of hydrogen-bond acceptors (Lipinski definition) is 4. The summed E-state index contributed by atoms with van der Waals surface area (Å²) in [6.07, 6.45) is 0. The Morgan fingerprint density at radius 1 is 1.12 bits per heavy atom. The Labute approximate surface area is 151 Å². The van der Waals surface area contributed by atoms with E-state index in [0.717, 1.165) is 17.1 Å². The predicted octanol–water partition coefficient (Wildman–Crippen LogP) is 3.65. The molecule has 1 amide bonds. The zero-order chi connectivity index (χ0) is 18.1. The molecule has 134 valence electrons. The molecule has 0 saturated heterocycles. The first-order chi connectivity index (χ1) is 12.1. The van der Waals surface area contributed by atoms with Crippen LogP contribution in [0.5, 0.6) is 11.5 Å². The molecular weight excluding hydrogens is 341 g/mol. The molecule has 4 nitrogen and oxygen atoms in total. The van der Waals surface area contributed by atoms with Gasteiger partial charge < -0.3 is 14.8 Å². The quantitative estimate of drug-likeness (QED) is 0.739. The number of ether oxygens (including phenoxy) is 2. The second kappa shape index (κ2) is 9.93. The molecule has 0 spiro atoms. The van der Waals surface area contributed by atoms with Crippen LogP contribution in [0.2, 0.25) is 0 Å². The molecule has 1 atom stereocenters.